The summed E-state index contributed by atoms with van der Waals surface area (Å²) in [5, 5.41) is 1.08. The minimum Gasteiger partial charge on any atom is -0.383 e. The molecule has 0 radical (unpaired) electrons. The van der Waals surface area contributed by atoms with Gasteiger partial charge in [-0.2, -0.15) is 0 Å². The molecule has 2 N–H and O–H groups in total. The van der Waals surface area contributed by atoms with E-state index < -0.39 is 0 Å². The normalized spacial score (nSPS) is 10.2. The van der Waals surface area contributed by atoms with Gasteiger partial charge in [-0.15, -0.1) is 6.42 Å². The van der Waals surface area contributed by atoms with Gasteiger partial charge < -0.3 is 10.3 Å². The molecule has 0 aliphatic heterocycles. The van der Waals surface area contributed by atoms with Crippen molar-refractivity contribution in [1.82, 2.24) is 9.55 Å². The fourth-order valence-corrected chi connectivity index (χ4v) is 2.00. The predicted octanol–water partition coefficient (Wildman–Crippen LogP) is 3.07. The van der Waals surface area contributed by atoms with Gasteiger partial charge in [0.2, 0.25) is 0 Å². The van der Waals surface area contributed by atoms with E-state index in [2.05, 4.69) is 10.9 Å². The second kappa shape index (κ2) is 4.70. The van der Waals surface area contributed by atoms with E-state index in [9.17, 15) is 0 Å². The minimum atomic E-state index is 0.379. The van der Waals surface area contributed by atoms with Crippen molar-refractivity contribution in [2.45, 2.75) is 6.54 Å². The van der Waals surface area contributed by atoms with Crippen LogP contribution in [-0.4, -0.2) is 9.55 Å². The van der Waals surface area contributed by atoms with Crippen LogP contribution in [0.25, 0.3) is 11.3 Å². The Kier molecular flexibility index (Phi) is 3.28. The third kappa shape index (κ3) is 2.23. The van der Waals surface area contributed by atoms with Crippen molar-refractivity contribution >= 4 is 29.0 Å². The molecule has 0 atom stereocenters. The monoisotopic (exact) mass is 265 g/mol. The zero-order chi connectivity index (χ0) is 12.4. The average molecular weight is 266 g/mol. The van der Waals surface area contributed by atoms with E-state index in [1.165, 1.54) is 0 Å². The summed E-state index contributed by atoms with van der Waals surface area (Å²) < 4.78 is 1.68. The van der Waals surface area contributed by atoms with Crippen LogP contribution in [0.1, 0.15) is 0 Å². The molecule has 1 aromatic carbocycles. The molecule has 5 heteroatoms. The second-order valence-corrected chi connectivity index (χ2v) is 4.28. The molecule has 1 heterocycles. The fourth-order valence-electron chi connectivity index (χ4n) is 1.51. The highest BCUT2D eigenvalue weighted by atomic mass is 35.5. The first-order chi connectivity index (χ1) is 8.13. The maximum Gasteiger partial charge on any atom is 0.132 e. The van der Waals surface area contributed by atoms with Gasteiger partial charge in [-0.25, -0.2) is 4.98 Å². The van der Waals surface area contributed by atoms with Crippen LogP contribution in [-0.2, 0) is 6.54 Å². The van der Waals surface area contributed by atoms with E-state index >= 15 is 0 Å². The molecule has 86 valence electrons. The number of imidazole rings is 1. The summed E-state index contributed by atoms with van der Waals surface area (Å²) in [6.45, 7) is 0.379. The molecule has 1 aromatic heterocycles. The number of anilines is 1. The Labute approximate surface area is 109 Å². The zero-order valence-corrected chi connectivity index (χ0v) is 10.3. The highest BCUT2D eigenvalue weighted by molar-refractivity contribution is 6.36. The Bertz CT molecular complexity index is 596. The van der Waals surface area contributed by atoms with Crippen LogP contribution in [0.15, 0.2) is 24.5 Å². The van der Waals surface area contributed by atoms with E-state index in [0.29, 0.717) is 28.1 Å². The number of benzene rings is 1. The summed E-state index contributed by atoms with van der Waals surface area (Å²) in [5.41, 5.74) is 7.29. The molecule has 0 amide bonds. The number of aromatic nitrogens is 2. The quantitative estimate of drug-likeness (QED) is 0.849. The molecule has 0 aliphatic rings. The van der Waals surface area contributed by atoms with Gasteiger partial charge in [-0.3, -0.25) is 0 Å². The van der Waals surface area contributed by atoms with Crippen molar-refractivity contribution in [2.24, 2.45) is 0 Å². The highest BCUT2D eigenvalue weighted by Gasteiger charge is 2.12. The lowest BCUT2D eigenvalue weighted by Gasteiger charge is -2.04. The molecule has 0 fully saturated rings. The molecule has 0 aliphatic carbocycles. The van der Waals surface area contributed by atoms with Crippen LogP contribution in [0.4, 0.5) is 5.82 Å². The first-order valence-corrected chi connectivity index (χ1v) is 5.58. The number of hydrogen-bond donors (Lipinski definition) is 1. The van der Waals surface area contributed by atoms with Gasteiger partial charge in [0.05, 0.1) is 17.9 Å². The molecule has 0 saturated carbocycles. The summed E-state index contributed by atoms with van der Waals surface area (Å²) >= 11 is 11.9. The molecule has 2 aromatic rings. The van der Waals surface area contributed by atoms with Crippen molar-refractivity contribution in [2.75, 3.05) is 5.73 Å². The summed E-state index contributed by atoms with van der Waals surface area (Å²) in [6, 6.07) is 5.17. The average Bonchev–Trinajstić information content (AvgIpc) is 2.62. The lowest BCUT2D eigenvalue weighted by atomic mass is 10.1. The molecule has 0 spiro atoms. The van der Waals surface area contributed by atoms with Crippen LogP contribution in [0.3, 0.4) is 0 Å². The summed E-state index contributed by atoms with van der Waals surface area (Å²) in [4.78, 5) is 4.21. The Morgan fingerprint density at radius 3 is 2.82 bits per heavy atom. The van der Waals surface area contributed by atoms with E-state index in [1.54, 1.807) is 29.1 Å². The number of hydrogen-bond acceptors (Lipinski definition) is 2. The molecule has 3 nitrogen and oxygen atoms in total. The first kappa shape index (κ1) is 11.8. The summed E-state index contributed by atoms with van der Waals surface area (Å²) in [5.74, 6) is 2.99. The maximum atomic E-state index is 6.09. The van der Waals surface area contributed by atoms with Crippen molar-refractivity contribution in [1.29, 1.82) is 0 Å². The van der Waals surface area contributed by atoms with Crippen LogP contribution < -0.4 is 5.73 Å². The van der Waals surface area contributed by atoms with Gasteiger partial charge in [0.25, 0.3) is 0 Å². The van der Waals surface area contributed by atoms with Gasteiger partial charge in [0, 0.05) is 10.6 Å². The van der Waals surface area contributed by atoms with Gasteiger partial charge in [0.15, 0.2) is 0 Å². The number of nitrogens with zero attached hydrogens (tertiary/aromatic N) is 2. The smallest absolute Gasteiger partial charge is 0.132 e. The number of nitrogens with two attached hydrogens (primary N) is 1. The fraction of sp³-hybridized carbons (Fsp3) is 0.0833. The van der Waals surface area contributed by atoms with E-state index in [0.717, 1.165) is 5.56 Å². The number of halogens is 2. The number of nitrogen functional groups attached to an aromatic ring is 1. The lowest BCUT2D eigenvalue weighted by Crippen LogP contribution is -2.00. The second-order valence-electron chi connectivity index (χ2n) is 3.43. The van der Waals surface area contributed by atoms with E-state index in [1.807, 2.05) is 0 Å². The molecule has 0 saturated heterocycles. The van der Waals surface area contributed by atoms with E-state index in [4.69, 9.17) is 35.4 Å². The Balaban J connectivity index is 2.50. The van der Waals surface area contributed by atoms with Crippen molar-refractivity contribution in [3.63, 3.8) is 0 Å². The molecular weight excluding hydrogens is 257 g/mol. The van der Waals surface area contributed by atoms with Crippen molar-refractivity contribution in [3.8, 4) is 23.6 Å². The maximum absolute atomic E-state index is 6.09. The van der Waals surface area contributed by atoms with Crippen LogP contribution in [0, 0.1) is 12.3 Å². The van der Waals surface area contributed by atoms with Gasteiger partial charge in [0.1, 0.15) is 11.5 Å². The molecule has 17 heavy (non-hydrogen) atoms. The van der Waals surface area contributed by atoms with E-state index in [-0.39, 0.29) is 0 Å². The first-order valence-electron chi connectivity index (χ1n) is 4.83. The lowest BCUT2D eigenvalue weighted by molar-refractivity contribution is 0.852. The summed E-state index contributed by atoms with van der Waals surface area (Å²) in [6.07, 6.45) is 6.82. The summed E-state index contributed by atoms with van der Waals surface area (Å²) in [7, 11) is 0. The van der Waals surface area contributed by atoms with Crippen LogP contribution in [0.2, 0.25) is 10.0 Å². The SMILES string of the molecule is C#CCn1cnc(-c2ccc(Cl)cc2Cl)c1N. The Morgan fingerprint density at radius 1 is 1.41 bits per heavy atom. The topological polar surface area (TPSA) is 43.8 Å². The highest BCUT2D eigenvalue weighted by Crippen LogP contribution is 2.32. The predicted molar refractivity (Wildman–Crippen MR) is 70.9 cm³/mol. The van der Waals surface area contributed by atoms with Gasteiger partial charge in [-0.1, -0.05) is 29.1 Å². The largest absolute Gasteiger partial charge is 0.383 e. The molecule has 2 rings (SSSR count). The third-order valence-corrected chi connectivity index (χ3v) is 2.87. The van der Waals surface area contributed by atoms with Crippen LogP contribution >= 0.6 is 23.2 Å². The van der Waals surface area contributed by atoms with Crippen molar-refractivity contribution < 1.29 is 0 Å². The van der Waals surface area contributed by atoms with Crippen molar-refractivity contribution in [3.05, 3.63) is 34.6 Å². The molecule has 0 unspecified atom stereocenters. The number of terminal acetylenes is 1. The number of rotatable bonds is 2. The molecular formula is C12H9Cl2N3. The van der Waals surface area contributed by atoms with Gasteiger partial charge in [-0.05, 0) is 18.2 Å². The van der Waals surface area contributed by atoms with Crippen LogP contribution in [0.5, 0.6) is 0 Å². The zero-order valence-electron chi connectivity index (χ0n) is 8.82. The Hall–Kier alpha value is -1.63. The minimum absolute atomic E-state index is 0.379. The third-order valence-electron chi connectivity index (χ3n) is 2.33. The standard InChI is InChI=1S/C12H9Cl2N3/c1-2-5-17-7-16-11(12(17)15)9-4-3-8(13)6-10(9)14/h1,3-4,6-7H,5,15H2. The Morgan fingerprint density at radius 2 is 2.18 bits per heavy atom. The van der Waals surface area contributed by atoms with Gasteiger partial charge >= 0.3 is 0 Å². The molecule has 0 bridgehead atoms.